The zero-order chi connectivity index (χ0) is 80.6. The number of carboxylic acids is 1. The predicted octanol–water partition coefficient (Wildman–Crippen LogP) is 7.94. The maximum atomic E-state index is 14.7. The number of amides is 7. The first kappa shape index (κ1) is 80.3. The van der Waals surface area contributed by atoms with E-state index >= 15 is 0 Å². The lowest BCUT2D eigenvalue weighted by molar-refractivity contribution is -0.191. The van der Waals surface area contributed by atoms with Crippen LogP contribution in [0.2, 0.25) is 0 Å². The summed E-state index contributed by atoms with van der Waals surface area (Å²) in [7, 11) is -4.35. The summed E-state index contributed by atoms with van der Waals surface area (Å²) < 4.78 is 44.0. The molecule has 590 valence electrons. The number of para-hydroxylation sites is 3. The molecule has 12 N–H and O–H groups in total. The molecule has 1 unspecified atom stereocenters. The highest BCUT2D eigenvalue weighted by atomic mass is 32.2. The van der Waals surface area contributed by atoms with E-state index in [1.165, 1.54) is 24.7 Å². The van der Waals surface area contributed by atoms with E-state index in [9.17, 15) is 61.5 Å². The Morgan fingerprint density at radius 2 is 1.44 bits per heavy atom. The molecule has 0 aliphatic carbocycles. The molecule has 0 saturated carbocycles. The number of rotatable bonds is 30. The van der Waals surface area contributed by atoms with E-state index in [-0.39, 0.29) is 83.3 Å². The first-order valence-electron chi connectivity index (χ1n) is 37.2. The van der Waals surface area contributed by atoms with Crippen molar-refractivity contribution in [2.75, 3.05) is 29.0 Å². The second-order valence-electron chi connectivity index (χ2n) is 29.4. The number of aromatic amines is 2. The number of aromatic nitrogens is 6. The van der Waals surface area contributed by atoms with Crippen molar-refractivity contribution < 1.29 is 66.1 Å². The number of anilines is 3. The topological polar surface area (TPSA) is 430 Å². The maximum absolute atomic E-state index is 14.7. The van der Waals surface area contributed by atoms with Gasteiger partial charge in [-0.2, -0.15) is 0 Å². The molecule has 7 heterocycles. The van der Waals surface area contributed by atoms with Gasteiger partial charge < -0.3 is 71.2 Å². The molecule has 7 atom stereocenters. The minimum absolute atomic E-state index is 0.0658. The fourth-order valence-electron chi connectivity index (χ4n) is 14.2. The van der Waals surface area contributed by atoms with Crippen molar-refractivity contribution in [3.8, 4) is 22.5 Å². The molecule has 7 amide bonds. The van der Waals surface area contributed by atoms with Gasteiger partial charge in [-0.3, -0.25) is 38.9 Å². The molecule has 1 fully saturated rings. The van der Waals surface area contributed by atoms with Crippen LogP contribution in [0.15, 0.2) is 156 Å². The number of cyclic esters (lactones) is 1. The Balaban J connectivity index is 0.653. The van der Waals surface area contributed by atoms with Crippen LogP contribution in [0.3, 0.4) is 0 Å². The van der Waals surface area contributed by atoms with Gasteiger partial charge in [-0.1, -0.05) is 115 Å². The first-order valence-corrected chi connectivity index (χ1v) is 39.1. The second-order valence-corrected chi connectivity index (χ2v) is 31.5. The number of ether oxygens (including phenoxy) is 2. The fourth-order valence-corrected chi connectivity index (χ4v) is 15.8. The Labute approximate surface area is 655 Å². The molecule has 12 rings (SSSR count). The molecule has 3 aliphatic heterocycles. The van der Waals surface area contributed by atoms with Gasteiger partial charge in [-0.25, -0.2) is 42.5 Å². The number of benzene rings is 5. The Hall–Kier alpha value is -12.2. The van der Waals surface area contributed by atoms with E-state index in [0.29, 0.717) is 70.0 Å². The Morgan fingerprint density at radius 3 is 2.14 bits per heavy atom. The van der Waals surface area contributed by atoms with Crippen LogP contribution < -0.4 is 52.8 Å². The number of imidazole rings is 2. The number of sulfonamides is 1. The van der Waals surface area contributed by atoms with Gasteiger partial charge in [0.1, 0.15) is 36.8 Å². The van der Waals surface area contributed by atoms with Crippen LogP contribution in [0.1, 0.15) is 121 Å². The summed E-state index contributed by atoms with van der Waals surface area (Å²) in [5, 5.41) is 33.2. The molecular formula is C80H88N16O15S2. The number of H-pyrrole nitrogens is 2. The predicted molar refractivity (Wildman–Crippen MR) is 423 cm³/mol. The summed E-state index contributed by atoms with van der Waals surface area (Å²) in [5.41, 5.74) is 4.29. The normalized spacial score (nSPS) is 16.4. The number of likely N-dealkylation sites (tertiary alicyclic amines) is 1. The molecule has 0 bridgehead atoms. The van der Waals surface area contributed by atoms with Crippen molar-refractivity contribution in [2.45, 2.75) is 153 Å². The Morgan fingerprint density at radius 1 is 0.743 bits per heavy atom. The van der Waals surface area contributed by atoms with Gasteiger partial charge in [0.05, 0.1) is 76.0 Å². The van der Waals surface area contributed by atoms with Gasteiger partial charge in [0.15, 0.2) is 5.11 Å². The number of urea groups is 1. The number of carboxylic acid groups (broad SMARTS) is 1. The third kappa shape index (κ3) is 18.7. The van der Waals surface area contributed by atoms with E-state index in [1.54, 1.807) is 97.0 Å². The first-order chi connectivity index (χ1) is 54.0. The minimum atomic E-state index is -4.35. The van der Waals surface area contributed by atoms with Crippen molar-refractivity contribution in [1.29, 1.82) is 0 Å². The molecule has 0 radical (unpaired) electrons. The molecule has 0 spiro atoms. The van der Waals surface area contributed by atoms with Gasteiger partial charge >= 0.3 is 23.9 Å². The van der Waals surface area contributed by atoms with Crippen molar-refractivity contribution in [1.82, 2.24) is 65.7 Å². The quantitative estimate of drug-likeness (QED) is 0.0150. The summed E-state index contributed by atoms with van der Waals surface area (Å²) in [4.78, 5) is 161. The number of aliphatic carboxylic acids is 1. The number of nitrogens with zero attached hydrogens (tertiary/aromatic N) is 5. The van der Waals surface area contributed by atoms with Crippen LogP contribution >= 0.6 is 12.2 Å². The third-order valence-electron chi connectivity index (χ3n) is 19.9. The fraction of sp³-hybridized carbons (Fsp3) is 0.350. The number of thiocarbonyl (C=S) groups is 1. The molecule has 113 heavy (non-hydrogen) atoms. The van der Waals surface area contributed by atoms with Crippen LogP contribution in [0.5, 0.6) is 0 Å². The molecular weight excluding hydrogens is 1490 g/mol. The lowest BCUT2D eigenvalue weighted by atomic mass is 9.85. The number of carbonyl (C=O) groups excluding carboxylic acids is 8. The highest BCUT2D eigenvalue weighted by molar-refractivity contribution is 7.89. The van der Waals surface area contributed by atoms with E-state index in [1.807, 2.05) is 82.3 Å². The van der Waals surface area contributed by atoms with Crippen LogP contribution in [0, 0.1) is 17.8 Å². The zero-order valence-corrected chi connectivity index (χ0v) is 64.7. The Bertz CT molecular complexity index is 5310. The maximum Gasteiger partial charge on any atom is 0.355 e. The van der Waals surface area contributed by atoms with E-state index < -0.39 is 130 Å². The van der Waals surface area contributed by atoms with Crippen LogP contribution in [0.4, 0.5) is 22.1 Å². The average Bonchev–Trinajstić information content (AvgIpc) is 1.68. The number of hydrogen-bond donors (Lipinski definition) is 12. The molecule has 3 aliphatic rings. The summed E-state index contributed by atoms with van der Waals surface area (Å²) in [6.07, 6.45) is 2.98. The van der Waals surface area contributed by atoms with E-state index in [0.717, 1.165) is 16.5 Å². The lowest BCUT2D eigenvalue weighted by Gasteiger charge is -2.37. The van der Waals surface area contributed by atoms with Crippen molar-refractivity contribution >= 4 is 120 Å². The highest BCUT2D eigenvalue weighted by Gasteiger charge is 2.52. The molecule has 33 heteroatoms. The Kier molecular flexibility index (Phi) is 24.6. The molecule has 5 aromatic carbocycles. The third-order valence-corrected chi connectivity index (χ3v) is 21.7. The van der Waals surface area contributed by atoms with Crippen LogP contribution in [-0.4, -0.2) is 150 Å². The van der Waals surface area contributed by atoms with E-state index in [2.05, 4.69) is 67.2 Å². The summed E-state index contributed by atoms with van der Waals surface area (Å²) >= 11 is 5.87. The smallest absolute Gasteiger partial charge is 0.355 e. The molecule has 4 aromatic heterocycles. The summed E-state index contributed by atoms with van der Waals surface area (Å²) in [5.74, 6) is -7.65. The monoisotopic (exact) mass is 1580 g/mol. The van der Waals surface area contributed by atoms with Crippen LogP contribution in [0.25, 0.3) is 44.5 Å². The van der Waals surface area contributed by atoms with Crippen molar-refractivity contribution in [3.05, 3.63) is 184 Å². The van der Waals surface area contributed by atoms with Gasteiger partial charge in [0.2, 0.25) is 51.1 Å². The van der Waals surface area contributed by atoms with Gasteiger partial charge in [-0.05, 0) is 145 Å². The molecule has 9 aromatic rings. The highest BCUT2D eigenvalue weighted by Crippen LogP contribution is 2.42. The lowest BCUT2D eigenvalue weighted by Crippen LogP contribution is -2.59. The van der Waals surface area contributed by atoms with Gasteiger partial charge in [0.25, 0.3) is 5.56 Å². The number of nitrogens with one attached hydrogen (secondary N) is 11. The number of fused-ring (bicyclic) bond motifs is 6. The van der Waals surface area contributed by atoms with Crippen LogP contribution in [-0.2, 0) is 83.0 Å². The molecule has 1 saturated heterocycles. The number of hydrogen-bond acceptors (Lipinski definition) is 18. The average molecular weight is 1580 g/mol. The SMILES string of the molecule is CC[C@]1(OC(=O)[C@H](NC(=O)[C@@H](Cc2c[nH]cn2)NC(=O)[C@@H](CC(C)C)NC(=O)CNC(=O)[C@H](CC(C)C)NC(=O)[C@H]2CCCN2C(=S)Nc2cccc(C(CC(=O)O)NS(=O)(=O)c3ccc(-c4cccc(NC(=O)Nc5nc6ccccc6[nH]5)c4)cc3)c2)C(C)C)C(=O)OCc2c1cc1n(c2=O)Cc2cc3ccccc3nc2-1. The minimum Gasteiger partial charge on any atom is -0.481 e. The second kappa shape index (κ2) is 34.6. The number of pyridine rings is 2. The standard InChI is InChI=1S/C80H88N16O15S2/c1-8-80(56-36-65-69-50(32-48-16-9-10-21-57(48)87-69)40-96(65)74(104)55(56)41-110-76(80)106)111-75(105)68(45(6)7)92-72(102)63(35-53-38-81-42-83-53)88-71(101)62(31-44(4)5)86-66(97)39-82-70(100)61(30-43(2)3)89-73(103)64-24-15-29-95(64)79(112)85-52-20-14-18-49(34-52)60(37-67(98)99)94-113(108,109)54-27-25-46(26-28-54)47-17-13-19-51(33-47)84-78(107)93-77-90-58-22-11-12-23-59(58)91-77/h9-14,16-23,25-28,32-34,36,38,42-45,60-64,68,94H,8,15,24,29-31,35,37,39-41H2,1-7H3,(H,81,83)(H,82,100)(H,85,112)(H,86,97)(H,88,101)(H,89,103)(H,92,102)(H,98,99)(H3,84,90,91,93,107)/t60?,61-,62+,63+,64+,68+,80+/m0/s1. The number of carbonyl (C=O) groups is 9. The molecule has 31 nitrogen and oxygen atoms in total. The summed E-state index contributed by atoms with van der Waals surface area (Å²) in [6.45, 7) is 11.8. The zero-order valence-electron chi connectivity index (χ0n) is 63.0. The summed E-state index contributed by atoms with van der Waals surface area (Å²) in [6, 6.07) is 29.7. The van der Waals surface area contributed by atoms with Crippen molar-refractivity contribution in [2.24, 2.45) is 17.8 Å². The largest absolute Gasteiger partial charge is 0.481 e. The number of esters is 2. The van der Waals surface area contributed by atoms with Gasteiger partial charge in [0, 0.05) is 47.1 Å². The van der Waals surface area contributed by atoms with Gasteiger partial charge in [-0.15, -0.1) is 0 Å². The van der Waals surface area contributed by atoms with E-state index in [4.69, 9.17) is 26.7 Å². The van der Waals surface area contributed by atoms with Crippen molar-refractivity contribution in [3.63, 3.8) is 0 Å².